The molecule has 0 aliphatic heterocycles. The number of aryl methyl sites for hydroxylation is 1. The zero-order valence-electron chi connectivity index (χ0n) is 17.0. The zero-order chi connectivity index (χ0) is 19.6. The lowest BCUT2D eigenvalue weighted by Gasteiger charge is -2.35. The molecule has 0 aliphatic rings. The zero-order valence-corrected chi connectivity index (χ0v) is 18.8. The minimum absolute atomic E-state index is 0.426. The predicted molar refractivity (Wildman–Crippen MR) is 114 cm³/mol. The van der Waals surface area contributed by atoms with Crippen LogP contribution in [0.25, 0.3) is 0 Å². The summed E-state index contributed by atoms with van der Waals surface area (Å²) in [4.78, 5) is 0.426. The van der Waals surface area contributed by atoms with Gasteiger partial charge in [-0.15, -0.1) is 0 Å². The molecule has 0 N–H and O–H groups in total. The molecule has 0 radical (unpaired) electrons. The van der Waals surface area contributed by atoms with E-state index >= 15 is 0 Å². The Balaban J connectivity index is 2.70. The first-order valence-corrected chi connectivity index (χ1v) is 14.7. The number of hydrogen-bond donors (Lipinski definition) is 0. The first kappa shape index (κ1) is 20.9. The number of sulfone groups is 1. The lowest BCUT2D eigenvalue weighted by atomic mass is 9.89. The monoisotopic (exact) mass is 388 g/mol. The fraction of sp³-hybridized carbons (Fsp3) is 0.455. The van der Waals surface area contributed by atoms with Crippen LogP contribution in [0.4, 0.5) is 0 Å². The summed E-state index contributed by atoms with van der Waals surface area (Å²) in [6.07, 6.45) is 1.14. The molecule has 0 aliphatic carbocycles. The minimum atomic E-state index is -3.50. The topological polar surface area (TPSA) is 34.1 Å². The standard InChI is InChI=1S/C22H32O2SSi/c1-7-22(8-2,25(23,24)20-15-13-18(3)14-16-20)21-12-10-9-11-19(21)17-26(4,5)6/h9-16H,7-8,17H2,1-6H3. The van der Waals surface area contributed by atoms with Gasteiger partial charge in [-0.05, 0) is 49.1 Å². The summed E-state index contributed by atoms with van der Waals surface area (Å²) in [5, 5.41) is 0. The van der Waals surface area contributed by atoms with E-state index in [0.717, 1.165) is 17.2 Å². The Bertz CT molecular complexity index is 842. The molecule has 0 fully saturated rings. The Morgan fingerprint density at radius 1 is 0.885 bits per heavy atom. The largest absolute Gasteiger partial charge is 0.223 e. The maximum atomic E-state index is 13.8. The van der Waals surface area contributed by atoms with Gasteiger partial charge < -0.3 is 0 Å². The van der Waals surface area contributed by atoms with E-state index < -0.39 is 22.7 Å². The third kappa shape index (κ3) is 3.96. The van der Waals surface area contributed by atoms with Crippen molar-refractivity contribution < 1.29 is 8.42 Å². The van der Waals surface area contributed by atoms with Crippen molar-refractivity contribution in [1.29, 1.82) is 0 Å². The van der Waals surface area contributed by atoms with Gasteiger partial charge in [0.15, 0.2) is 9.84 Å². The van der Waals surface area contributed by atoms with E-state index in [4.69, 9.17) is 0 Å². The molecule has 0 amide bonds. The minimum Gasteiger partial charge on any atom is -0.223 e. The Kier molecular flexibility index (Phi) is 6.19. The molecule has 0 unspecified atom stereocenters. The van der Waals surface area contributed by atoms with Crippen LogP contribution in [0.5, 0.6) is 0 Å². The van der Waals surface area contributed by atoms with Gasteiger partial charge in [-0.3, -0.25) is 0 Å². The third-order valence-electron chi connectivity index (χ3n) is 5.22. The van der Waals surface area contributed by atoms with Crippen molar-refractivity contribution in [2.75, 3.05) is 0 Å². The van der Waals surface area contributed by atoms with Gasteiger partial charge in [0, 0.05) is 8.07 Å². The molecule has 4 heteroatoms. The molecule has 0 bridgehead atoms. The molecule has 142 valence electrons. The second kappa shape index (κ2) is 7.69. The van der Waals surface area contributed by atoms with E-state index in [1.807, 2.05) is 51.1 Å². The highest BCUT2D eigenvalue weighted by molar-refractivity contribution is 7.92. The second-order valence-electron chi connectivity index (χ2n) is 8.41. The van der Waals surface area contributed by atoms with Crippen LogP contribution in [0.3, 0.4) is 0 Å². The summed E-state index contributed by atoms with van der Waals surface area (Å²) in [5.41, 5.74) is 3.26. The summed E-state index contributed by atoms with van der Waals surface area (Å²) in [6, 6.07) is 16.5. The van der Waals surface area contributed by atoms with Gasteiger partial charge in [-0.25, -0.2) is 8.42 Å². The van der Waals surface area contributed by atoms with Crippen LogP contribution in [0.2, 0.25) is 19.6 Å². The number of rotatable bonds is 7. The average Bonchev–Trinajstić information content (AvgIpc) is 2.56. The van der Waals surface area contributed by atoms with Crippen molar-refractivity contribution >= 4 is 17.9 Å². The molecule has 0 saturated heterocycles. The van der Waals surface area contributed by atoms with Gasteiger partial charge in [0.25, 0.3) is 0 Å². The van der Waals surface area contributed by atoms with E-state index in [2.05, 4.69) is 25.7 Å². The molecule has 26 heavy (non-hydrogen) atoms. The van der Waals surface area contributed by atoms with Crippen LogP contribution < -0.4 is 0 Å². The highest BCUT2D eigenvalue weighted by Crippen LogP contribution is 2.43. The van der Waals surface area contributed by atoms with Crippen LogP contribution >= 0.6 is 0 Å². The smallest absolute Gasteiger partial charge is 0.188 e. The van der Waals surface area contributed by atoms with Gasteiger partial charge in [-0.2, -0.15) is 0 Å². The maximum absolute atomic E-state index is 13.8. The van der Waals surface area contributed by atoms with Crippen LogP contribution in [0, 0.1) is 6.92 Å². The molecule has 0 spiro atoms. The number of hydrogen-bond acceptors (Lipinski definition) is 2. The van der Waals surface area contributed by atoms with E-state index in [1.165, 1.54) is 5.56 Å². The molecule has 0 saturated carbocycles. The first-order chi connectivity index (χ1) is 12.1. The molecule has 2 aromatic rings. The lowest BCUT2D eigenvalue weighted by Crippen LogP contribution is -2.37. The van der Waals surface area contributed by atoms with Crippen LogP contribution in [0.15, 0.2) is 53.4 Å². The fourth-order valence-electron chi connectivity index (χ4n) is 3.79. The van der Waals surface area contributed by atoms with Crippen LogP contribution in [-0.4, -0.2) is 16.5 Å². The SMILES string of the molecule is CCC(CC)(c1ccccc1C[Si](C)(C)C)S(=O)(=O)c1ccc(C)cc1. The molecular weight excluding hydrogens is 356 g/mol. The lowest BCUT2D eigenvalue weighted by molar-refractivity contribution is 0.492. The van der Waals surface area contributed by atoms with Gasteiger partial charge in [0.2, 0.25) is 0 Å². The van der Waals surface area contributed by atoms with Gasteiger partial charge in [-0.1, -0.05) is 75.5 Å². The van der Waals surface area contributed by atoms with Crippen molar-refractivity contribution in [2.45, 2.75) is 68.9 Å². The van der Waals surface area contributed by atoms with Crippen molar-refractivity contribution in [1.82, 2.24) is 0 Å². The quantitative estimate of drug-likeness (QED) is 0.553. The van der Waals surface area contributed by atoms with Crippen molar-refractivity contribution in [3.8, 4) is 0 Å². The summed E-state index contributed by atoms with van der Waals surface area (Å²) >= 11 is 0. The van der Waals surface area contributed by atoms with Gasteiger partial charge >= 0.3 is 0 Å². The normalized spacial score (nSPS) is 13.0. The predicted octanol–water partition coefficient (Wildman–Crippen LogP) is 5.90. The first-order valence-electron chi connectivity index (χ1n) is 9.47. The van der Waals surface area contributed by atoms with Crippen molar-refractivity contribution in [2.24, 2.45) is 0 Å². The summed E-state index contributed by atoms with van der Waals surface area (Å²) < 4.78 is 26.6. The van der Waals surface area contributed by atoms with Crippen LogP contribution in [0.1, 0.15) is 43.4 Å². The van der Waals surface area contributed by atoms with E-state index in [0.29, 0.717) is 17.7 Å². The molecule has 0 atom stereocenters. The second-order valence-corrected chi connectivity index (χ2v) is 16.1. The Morgan fingerprint density at radius 3 is 1.92 bits per heavy atom. The summed E-state index contributed by atoms with van der Waals surface area (Å²) in [7, 11) is -4.87. The Morgan fingerprint density at radius 2 is 1.42 bits per heavy atom. The number of benzene rings is 2. The average molecular weight is 389 g/mol. The Hall–Kier alpha value is -1.39. The molecule has 2 rings (SSSR count). The fourth-order valence-corrected chi connectivity index (χ4v) is 7.43. The highest BCUT2D eigenvalue weighted by atomic mass is 32.2. The van der Waals surface area contributed by atoms with E-state index in [1.54, 1.807) is 12.1 Å². The molecule has 2 aromatic carbocycles. The van der Waals surface area contributed by atoms with E-state index in [-0.39, 0.29) is 0 Å². The molecule has 0 aromatic heterocycles. The maximum Gasteiger partial charge on any atom is 0.188 e. The molecule has 0 heterocycles. The van der Waals surface area contributed by atoms with E-state index in [9.17, 15) is 8.42 Å². The molecule has 2 nitrogen and oxygen atoms in total. The Labute approximate surface area is 160 Å². The molecular formula is C22H32O2SSi. The van der Waals surface area contributed by atoms with Crippen molar-refractivity contribution in [3.05, 3.63) is 65.2 Å². The van der Waals surface area contributed by atoms with Crippen molar-refractivity contribution in [3.63, 3.8) is 0 Å². The summed E-state index contributed by atoms with van der Waals surface area (Å²) in [6.45, 7) is 13.0. The third-order valence-corrected chi connectivity index (χ3v) is 9.38. The van der Waals surface area contributed by atoms with Gasteiger partial charge in [0.05, 0.1) is 4.90 Å². The van der Waals surface area contributed by atoms with Gasteiger partial charge in [0.1, 0.15) is 4.75 Å². The summed E-state index contributed by atoms with van der Waals surface area (Å²) in [5.74, 6) is 0. The van der Waals surface area contributed by atoms with Crippen LogP contribution in [-0.2, 0) is 20.6 Å². The highest BCUT2D eigenvalue weighted by Gasteiger charge is 2.44.